The molecule has 0 atom stereocenters. The van der Waals surface area contributed by atoms with Crippen LogP contribution in [0.25, 0.3) is 6.08 Å². The number of benzene rings is 1. The molecule has 0 radical (unpaired) electrons. The highest BCUT2D eigenvalue weighted by molar-refractivity contribution is 5.47. The van der Waals surface area contributed by atoms with Gasteiger partial charge < -0.3 is 28.4 Å². The zero-order chi connectivity index (χ0) is 18.5. The van der Waals surface area contributed by atoms with E-state index in [2.05, 4.69) is 6.58 Å². The highest BCUT2D eigenvalue weighted by Gasteiger charge is 1.93. The van der Waals surface area contributed by atoms with Gasteiger partial charge in [-0.15, -0.1) is 0 Å². The van der Waals surface area contributed by atoms with Crippen LogP contribution in [0.5, 0.6) is 0 Å². The van der Waals surface area contributed by atoms with Gasteiger partial charge in [0.25, 0.3) is 0 Å². The minimum Gasteiger partial charge on any atom is -0.499 e. The quantitative estimate of drug-likeness (QED) is 0.294. The lowest BCUT2D eigenvalue weighted by atomic mass is 10.2. The van der Waals surface area contributed by atoms with Gasteiger partial charge in [0, 0.05) is 0 Å². The molecule has 0 aliphatic carbocycles. The zero-order valence-corrected chi connectivity index (χ0v) is 15.3. The van der Waals surface area contributed by atoms with Crippen molar-refractivity contribution in [3.63, 3.8) is 0 Å². The molecule has 0 saturated heterocycles. The van der Waals surface area contributed by atoms with Crippen molar-refractivity contribution in [1.29, 1.82) is 0 Å². The Labute approximate surface area is 156 Å². The molecule has 0 heterocycles. The van der Waals surface area contributed by atoms with E-state index in [-0.39, 0.29) is 0 Å². The van der Waals surface area contributed by atoms with Gasteiger partial charge in [-0.05, 0) is 11.6 Å². The first-order chi connectivity index (χ1) is 12.9. The Balaban J connectivity index is 1.73. The molecule has 1 rings (SSSR count). The normalized spacial score (nSPS) is 10.9. The number of ether oxygens (including phenoxy) is 6. The van der Waals surface area contributed by atoms with Crippen LogP contribution in [0.4, 0.5) is 0 Å². The van der Waals surface area contributed by atoms with Crippen LogP contribution in [0, 0.1) is 0 Å². The van der Waals surface area contributed by atoms with Crippen LogP contribution < -0.4 is 0 Å². The maximum Gasteiger partial charge on any atom is 0.111 e. The third-order valence-electron chi connectivity index (χ3n) is 3.08. The first kappa shape index (κ1) is 22.2. The van der Waals surface area contributed by atoms with Gasteiger partial charge >= 0.3 is 0 Å². The van der Waals surface area contributed by atoms with Crippen LogP contribution >= 0.6 is 0 Å². The largest absolute Gasteiger partial charge is 0.499 e. The first-order valence-corrected chi connectivity index (χ1v) is 8.80. The van der Waals surface area contributed by atoms with Gasteiger partial charge in [-0.3, -0.25) is 0 Å². The summed E-state index contributed by atoms with van der Waals surface area (Å²) >= 11 is 0. The van der Waals surface area contributed by atoms with Gasteiger partial charge in [-0.25, -0.2) is 0 Å². The second-order valence-electron chi connectivity index (χ2n) is 5.07. The molecule has 0 bridgehead atoms. The minimum atomic E-state index is 0.515. The van der Waals surface area contributed by atoms with Gasteiger partial charge in [0.15, 0.2) is 0 Å². The summed E-state index contributed by atoms with van der Waals surface area (Å²) in [6.07, 6.45) is 5.00. The van der Waals surface area contributed by atoms with Crippen molar-refractivity contribution in [2.75, 3.05) is 66.1 Å². The second kappa shape index (κ2) is 17.9. The van der Waals surface area contributed by atoms with E-state index in [0.29, 0.717) is 66.1 Å². The Kier molecular flexibility index (Phi) is 15.3. The molecule has 146 valence electrons. The maximum atomic E-state index is 5.41. The molecule has 0 aromatic heterocycles. The maximum absolute atomic E-state index is 5.41. The van der Waals surface area contributed by atoms with Crippen LogP contribution in [0.15, 0.2) is 49.4 Å². The standard InChI is InChI=1S/C20H30O6/c1-2-21-10-11-23-14-15-25-18-19-26-17-16-24-13-12-22-9-8-20-6-4-3-5-7-20/h2-9H,1,10-19H2. The van der Waals surface area contributed by atoms with E-state index < -0.39 is 0 Å². The number of hydrogen-bond donors (Lipinski definition) is 0. The Morgan fingerprint density at radius 1 is 0.615 bits per heavy atom. The Morgan fingerprint density at radius 2 is 1.08 bits per heavy atom. The van der Waals surface area contributed by atoms with Crippen molar-refractivity contribution in [1.82, 2.24) is 0 Å². The van der Waals surface area contributed by atoms with Gasteiger partial charge in [0.1, 0.15) is 13.2 Å². The molecule has 0 spiro atoms. The van der Waals surface area contributed by atoms with Crippen molar-refractivity contribution in [2.24, 2.45) is 0 Å². The Hall–Kier alpha value is -1.86. The molecule has 6 heteroatoms. The topological polar surface area (TPSA) is 55.4 Å². The number of rotatable bonds is 18. The summed E-state index contributed by atoms with van der Waals surface area (Å²) in [6.45, 7) is 8.80. The number of hydrogen-bond acceptors (Lipinski definition) is 6. The molecule has 1 aromatic rings. The Morgan fingerprint density at radius 3 is 1.58 bits per heavy atom. The molecule has 0 unspecified atom stereocenters. The van der Waals surface area contributed by atoms with Gasteiger partial charge in [-0.2, -0.15) is 0 Å². The van der Waals surface area contributed by atoms with Crippen molar-refractivity contribution in [2.45, 2.75) is 0 Å². The second-order valence-corrected chi connectivity index (χ2v) is 5.07. The van der Waals surface area contributed by atoms with Crippen LogP contribution in [0.2, 0.25) is 0 Å². The van der Waals surface area contributed by atoms with E-state index in [1.165, 1.54) is 6.26 Å². The summed E-state index contributed by atoms with van der Waals surface area (Å²) < 4.78 is 31.8. The van der Waals surface area contributed by atoms with E-state index in [0.717, 1.165) is 5.56 Å². The molecule has 0 N–H and O–H groups in total. The lowest BCUT2D eigenvalue weighted by Crippen LogP contribution is -2.13. The van der Waals surface area contributed by atoms with Gasteiger partial charge in [-0.1, -0.05) is 36.9 Å². The van der Waals surface area contributed by atoms with E-state index in [1.807, 2.05) is 36.4 Å². The zero-order valence-electron chi connectivity index (χ0n) is 15.3. The highest BCUT2D eigenvalue weighted by atomic mass is 16.6. The fraction of sp³-hybridized carbons (Fsp3) is 0.500. The summed E-state index contributed by atoms with van der Waals surface area (Å²) in [7, 11) is 0. The van der Waals surface area contributed by atoms with Crippen LogP contribution in [-0.2, 0) is 28.4 Å². The molecule has 1 aromatic carbocycles. The van der Waals surface area contributed by atoms with E-state index in [1.54, 1.807) is 6.26 Å². The molecular formula is C20H30O6. The summed E-state index contributed by atoms with van der Waals surface area (Å²) in [4.78, 5) is 0. The molecule has 6 nitrogen and oxygen atoms in total. The smallest absolute Gasteiger partial charge is 0.111 e. The fourth-order valence-corrected chi connectivity index (χ4v) is 1.82. The molecule has 0 fully saturated rings. The summed E-state index contributed by atoms with van der Waals surface area (Å²) in [6, 6.07) is 10.00. The lowest BCUT2D eigenvalue weighted by molar-refractivity contribution is -0.00955. The first-order valence-electron chi connectivity index (χ1n) is 8.80. The predicted octanol–water partition coefficient (Wildman–Crippen LogP) is 2.90. The Bertz CT molecular complexity index is 449. The molecule has 26 heavy (non-hydrogen) atoms. The minimum absolute atomic E-state index is 0.515. The van der Waals surface area contributed by atoms with E-state index in [9.17, 15) is 0 Å². The molecule has 0 aliphatic heterocycles. The van der Waals surface area contributed by atoms with Gasteiger partial charge in [0.05, 0.1) is 65.4 Å². The molecular weight excluding hydrogens is 336 g/mol. The average molecular weight is 366 g/mol. The molecule has 0 amide bonds. The third kappa shape index (κ3) is 14.5. The average Bonchev–Trinajstić information content (AvgIpc) is 2.68. The van der Waals surface area contributed by atoms with Crippen molar-refractivity contribution >= 4 is 6.08 Å². The summed E-state index contributed by atoms with van der Waals surface area (Å²) in [5.74, 6) is 0. The lowest BCUT2D eigenvalue weighted by Gasteiger charge is -2.07. The van der Waals surface area contributed by atoms with E-state index >= 15 is 0 Å². The van der Waals surface area contributed by atoms with Crippen LogP contribution in [0.3, 0.4) is 0 Å². The van der Waals surface area contributed by atoms with Crippen molar-refractivity contribution in [3.05, 3.63) is 55.0 Å². The van der Waals surface area contributed by atoms with Crippen LogP contribution in [0.1, 0.15) is 5.56 Å². The monoisotopic (exact) mass is 366 g/mol. The van der Waals surface area contributed by atoms with Crippen LogP contribution in [-0.4, -0.2) is 66.1 Å². The molecule has 0 saturated carbocycles. The van der Waals surface area contributed by atoms with Crippen molar-refractivity contribution in [3.8, 4) is 0 Å². The predicted molar refractivity (Wildman–Crippen MR) is 101 cm³/mol. The summed E-state index contributed by atoms with van der Waals surface area (Å²) in [5.41, 5.74) is 1.11. The van der Waals surface area contributed by atoms with Crippen molar-refractivity contribution < 1.29 is 28.4 Å². The van der Waals surface area contributed by atoms with E-state index in [4.69, 9.17) is 28.4 Å². The third-order valence-corrected chi connectivity index (χ3v) is 3.08. The molecule has 0 aliphatic rings. The SMILES string of the molecule is C=COCCOCCOCCOCCOCCOC=Cc1ccccc1. The summed E-state index contributed by atoms with van der Waals surface area (Å²) in [5, 5.41) is 0. The highest BCUT2D eigenvalue weighted by Crippen LogP contribution is 2.00. The fourth-order valence-electron chi connectivity index (χ4n) is 1.82. The van der Waals surface area contributed by atoms with Gasteiger partial charge in [0.2, 0.25) is 0 Å².